The van der Waals surface area contributed by atoms with E-state index in [1.54, 1.807) is 24.3 Å². The van der Waals surface area contributed by atoms with Crippen molar-refractivity contribution < 1.29 is 19.0 Å². The Bertz CT molecular complexity index is 923. The highest BCUT2D eigenvalue weighted by Gasteiger charge is 2.54. The van der Waals surface area contributed by atoms with Gasteiger partial charge in [-0.1, -0.05) is 46.3 Å². The van der Waals surface area contributed by atoms with Gasteiger partial charge in [0.2, 0.25) is 0 Å². The average Bonchev–Trinajstić information content (AvgIpc) is 3.09. The van der Waals surface area contributed by atoms with Gasteiger partial charge in [0.25, 0.3) is 0 Å². The minimum Gasteiger partial charge on any atom is -0.394 e. The van der Waals surface area contributed by atoms with Gasteiger partial charge in [-0.15, -0.1) is 11.8 Å². The number of ketones is 1. The van der Waals surface area contributed by atoms with E-state index in [0.29, 0.717) is 21.9 Å². The summed E-state index contributed by atoms with van der Waals surface area (Å²) in [6.45, 7) is 0.0379. The maximum Gasteiger partial charge on any atom is 0.169 e. The first-order chi connectivity index (χ1) is 13.5. The second-order valence-electron chi connectivity index (χ2n) is 6.97. The van der Waals surface area contributed by atoms with Crippen LogP contribution in [0.25, 0.3) is 0 Å². The van der Waals surface area contributed by atoms with E-state index in [4.69, 9.17) is 9.73 Å². The first kappa shape index (κ1) is 19.8. The molecular formula is C21H19BrFNO3S. The van der Waals surface area contributed by atoms with Crippen LogP contribution in [0.1, 0.15) is 22.3 Å². The predicted octanol–water partition coefficient (Wildman–Crippen LogP) is 4.21. The molecule has 2 aromatic rings. The van der Waals surface area contributed by atoms with Crippen LogP contribution in [-0.4, -0.2) is 41.0 Å². The first-order valence-electron chi connectivity index (χ1n) is 9.01. The SMILES string of the molecule is O=C(CC1=N[C@]2(c3cc(Br)ccc3F)CO[C@@H](CO)[C@@H]2CS1)c1ccccc1. The van der Waals surface area contributed by atoms with Crippen molar-refractivity contribution in [3.63, 3.8) is 0 Å². The van der Waals surface area contributed by atoms with Gasteiger partial charge in [0.15, 0.2) is 5.78 Å². The van der Waals surface area contributed by atoms with Crippen molar-refractivity contribution in [2.24, 2.45) is 10.9 Å². The van der Waals surface area contributed by atoms with E-state index in [1.165, 1.54) is 17.8 Å². The van der Waals surface area contributed by atoms with Crippen LogP contribution in [0.15, 0.2) is 58.0 Å². The predicted molar refractivity (Wildman–Crippen MR) is 111 cm³/mol. The van der Waals surface area contributed by atoms with Crippen LogP contribution in [0.3, 0.4) is 0 Å². The lowest BCUT2D eigenvalue weighted by Gasteiger charge is -2.36. The fraction of sp³-hybridized carbons (Fsp3) is 0.333. The van der Waals surface area contributed by atoms with E-state index in [0.717, 1.165) is 4.47 Å². The normalized spacial score (nSPS) is 26.6. The third-order valence-electron chi connectivity index (χ3n) is 5.32. The summed E-state index contributed by atoms with van der Waals surface area (Å²) in [7, 11) is 0. The number of fused-ring (bicyclic) bond motifs is 1. The zero-order valence-corrected chi connectivity index (χ0v) is 17.4. The molecule has 1 fully saturated rings. The van der Waals surface area contributed by atoms with Gasteiger partial charge in [-0.05, 0) is 18.2 Å². The average molecular weight is 464 g/mol. The van der Waals surface area contributed by atoms with Crippen molar-refractivity contribution in [1.82, 2.24) is 0 Å². The molecule has 0 aliphatic carbocycles. The molecule has 0 bridgehead atoms. The van der Waals surface area contributed by atoms with Crippen molar-refractivity contribution in [2.75, 3.05) is 19.0 Å². The highest BCUT2D eigenvalue weighted by Crippen LogP contribution is 2.49. The molecule has 4 nitrogen and oxygen atoms in total. The van der Waals surface area contributed by atoms with Gasteiger partial charge in [-0.2, -0.15) is 0 Å². The maximum absolute atomic E-state index is 14.8. The van der Waals surface area contributed by atoms with E-state index >= 15 is 0 Å². The Hall–Kier alpha value is -1.54. The second-order valence-corrected chi connectivity index (χ2v) is 8.98. The maximum atomic E-state index is 14.8. The van der Waals surface area contributed by atoms with Crippen LogP contribution in [0.5, 0.6) is 0 Å². The number of hydrogen-bond acceptors (Lipinski definition) is 5. The molecule has 0 spiro atoms. The number of aliphatic hydroxyl groups excluding tert-OH is 1. The Morgan fingerprint density at radius 2 is 2.11 bits per heavy atom. The minimum atomic E-state index is -0.932. The van der Waals surface area contributed by atoms with Crippen LogP contribution in [0, 0.1) is 11.7 Å². The lowest BCUT2D eigenvalue weighted by molar-refractivity contribution is 0.0436. The number of carbonyl (C=O) groups excluding carboxylic acids is 1. The Morgan fingerprint density at radius 3 is 2.86 bits per heavy atom. The van der Waals surface area contributed by atoms with Gasteiger partial charge < -0.3 is 9.84 Å². The van der Waals surface area contributed by atoms with Crippen LogP contribution >= 0.6 is 27.7 Å². The Labute approximate surface area is 175 Å². The van der Waals surface area contributed by atoms with E-state index < -0.39 is 11.6 Å². The van der Waals surface area contributed by atoms with E-state index in [9.17, 15) is 14.3 Å². The number of Topliss-reactive ketones (excluding diaryl/α,β-unsaturated/α-hetero) is 1. The molecule has 0 aromatic heterocycles. The topological polar surface area (TPSA) is 58.9 Å². The highest BCUT2D eigenvalue weighted by atomic mass is 79.9. The molecule has 1 saturated heterocycles. The second kappa shape index (κ2) is 8.06. The van der Waals surface area contributed by atoms with Gasteiger partial charge in [-0.3, -0.25) is 9.79 Å². The van der Waals surface area contributed by atoms with Crippen molar-refractivity contribution in [3.8, 4) is 0 Å². The van der Waals surface area contributed by atoms with Crippen LogP contribution in [0.4, 0.5) is 4.39 Å². The van der Waals surface area contributed by atoms with Gasteiger partial charge in [-0.25, -0.2) is 4.39 Å². The lowest BCUT2D eigenvalue weighted by Crippen LogP contribution is -2.42. The fourth-order valence-corrected chi connectivity index (χ4v) is 5.55. The summed E-state index contributed by atoms with van der Waals surface area (Å²) in [6.07, 6.45) is -0.233. The number of carbonyl (C=O) groups is 1. The molecule has 2 aliphatic rings. The molecule has 7 heteroatoms. The Morgan fingerprint density at radius 1 is 1.32 bits per heavy atom. The van der Waals surface area contributed by atoms with Crippen molar-refractivity contribution in [1.29, 1.82) is 0 Å². The zero-order valence-electron chi connectivity index (χ0n) is 15.0. The third-order valence-corrected chi connectivity index (χ3v) is 6.90. The number of benzene rings is 2. The molecule has 2 aromatic carbocycles. The summed E-state index contributed by atoms with van der Waals surface area (Å²) >= 11 is 4.90. The van der Waals surface area contributed by atoms with Crippen LogP contribution in [-0.2, 0) is 10.3 Å². The van der Waals surface area contributed by atoms with Gasteiger partial charge in [0.05, 0.1) is 30.8 Å². The summed E-state index contributed by atoms with van der Waals surface area (Å²) in [5.74, 6) is 0.0624. The molecule has 0 amide bonds. The largest absolute Gasteiger partial charge is 0.394 e. The number of aliphatic imine (C=N–C) groups is 1. The van der Waals surface area contributed by atoms with Crippen molar-refractivity contribution >= 4 is 38.5 Å². The molecule has 0 saturated carbocycles. The molecule has 3 atom stereocenters. The smallest absolute Gasteiger partial charge is 0.169 e. The summed E-state index contributed by atoms with van der Waals surface area (Å²) < 4.78 is 21.3. The van der Waals surface area contributed by atoms with Gasteiger partial charge in [0.1, 0.15) is 11.4 Å². The van der Waals surface area contributed by atoms with Gasteiger partial charge in [0, 0.05) is 27.3 Å². The Balaban J connectivity index is 1.72. The summed E-state index contributed by atoms with van der Waals surface area (Å²) in [5.41, 5.74) is 0.137. The molecule has 4 rings (SSSR count). The Kier molecular flexibility index (Phi) is 5.69. The lowest BCUT2D eigenvalue weighted by atomic mass is 9.79. The van der Waals surface area contributed by atoms with E-state index in [2.05, 4.69) is 15.9 Å². The quantitative estimate of drug-likeness (QED) is 0.674. The summed E-state index contributed by atoms with van der Waals surface area (Å²) in [4.78, 5) is 17.5. The minimum absolute atomic E-state index is 0.0206. The molecule has 146 valence electrons. The standard InChI is InChI=1S/C21H19BrFNO3S/c22-14-6-7-17(23)15(8-14)21-12-27-19(10-25)16(21)11-28-20(24-21)9-18(26)13-4-2-1-3-5-13/h1-8,16,19,25H,9-12H2/t16-,19-,21-/m0/s1. The van der Waals surface area contributed by atoms with Crippen LogP contribution in [0.2, 0.25) is 0 Å². The summed E-state index contributed by atoms with van der Waals surface area (Å²) in [6, 6.07) is 13.9. The van der Waals surface area contributed by atoms with E-state index in [1.807, 2.05) is 18.2 Å². The monoisotopic (exact) mass is 463 g/mol. The van der Waals surface area contributed by atoms with Crippen molar-refractivity contribution in [3.05, 3.63) is 69.9 Å². The molecule has 1 N–H and O–H groups in total. The molecule has 2 heterocycles. The molecule has 0 radical (unpaired) electrons. The van der Waals surface area contributed by atoms with Crippen LogP contribution < -0.4 is 0 Å². The number of hydrogen-bond donors (Lipinski definition) is 1. The third kappa shape index (κ3) is 3.56. The first-order valence-corrected chi connectivity index (χ1v) is 10.8. The molecule has 2 aliphatic heterocycles. The molecule has 0 unspecified atom stereocenters. The number of halogens is 2. The summed E-state index contributed by atoms with van der Waals surface area (Å²) in [5, 5.41) is 10.4. The number of ether oxygens (including phenoxy) is 1. The number of nitrogens with zero attached hydrogens (tertiary/aromatic N) is 1. The molecular weight excluding hydrogens is 445 g/mol. The number of rotatable bonds is 5. The van der Waals surface area contributed by atoms with Crippen molar-refractivity contribution in [2.45, 2.75) is 18.1 Å². The number of thioether (sulfide) groups is 1. The highest BCUT2D eigenvalue weighted by molar-refractivity contribution is 9.10. The van der Waals surface area contributed by atoms with Gasteiger partial charge >= 0.3 is 0 Å². The number of aliphatic hydroxyl groups is 1. The molecule has 28 heavy (non-hydrogen) atoms. The fourth-order valence-electron chi connectivity index (χ4n) is 3.87. The zero-order chi connectivity index (χ0) is 19.7. The van der Waals surface area contributed by atoms with E-state index in [-0.39, 0.29) is 37.2 Å².